The molecule has 1 heterocycles. The Morgan fingerprint density at radius 1 is 1.56 bits per heavy atom. The first-order valence-electron chi connectivity index (χ1n) is 6.16. The maximum Gasteiger partial charge on any atom is 0.303 e. The van der Waals surface area contributed by atoms with Crippen LogP contribution >= 0.6 is 0 Å². The predicted octanol–water partition coefficient (Wildman–Crippen LogP) is 0.224. The minimum absolute atomic E-state index is 0.00585. The van der Waals surface area contributed by atoms with Gasteiger partial charge in [-0.15, -0.1) is 0 Å². The van der Waals surface area contributed by atoms with Crippen molar-refractivity contribution in [3.05, 3.63) is 0 Å². The van der Waals surface area contributed by atoms with E-state index in [1.54, 1.807) is 11.9 Å². The SMILES string of the molecule is CC(CCCC(=O)O)NC(=O)C1CC(=O)N(C)C1. The Morgan fingerprint density at radius 3 is 2.72 bits per heavy atom. The van der Waals surface area contributed by atoms with E-state index in [0.717, 1.165) is 0 Å². The third-order valence-corrected chi connectivity index (χ3v) is 3.13. The molecule has 6 heteroatoms. The van der Waals surface area contributed by atoms with Crippen molar-refractivity contribution in [2.24, 2.45) is 5.92 Å². The summed E-state index contributed by atoms with van der Waals surface area (Å²) >= 11 is 0. The van der Waals surface area contributed by atoms with Crippen molar-refractivity contribution in [2.75, 3.05) is 13.6 Å². The largest absolute Gasteiger partial charge is 0.481 e. The average molecular weight is 256 g/mol. The van der Waals surface area contributed by atoms with Crippen molar-refractivity contribution >= 4 is 17.8 Å². The molecule has 0 aromatic rings. The normalized spacial score (nSPS) is 20.9. The van der Waals surface area contributed by atoms with E-state index < -0.39 is 5.97 Å². The van der Waals surface area contributed by atoms with Gasteiger partial charge in [-0.2, -0.15) is 0 Å². The van der Waals surface area contributed by atoms with Crippen molar-refractivity contribution < 1.29 is 19.5 Å². The molecule has 2 amide bonds. The van der Waals surface area contributed by atoms with Gasteiger partial charge in [0.2, 0.25) is 11.8 Å². The van der Waals surface area contributed by atoms with E-state index in [-0.39, 0.29) is 36.6 Å². The minimum atomic E-state index is -0.823. The van der Waals surface area contributed by atoms with Crippen LogP contribution < -0.4 is 5.32 Å². The number of carbonyl (C=O) groups is 3. The standard InChI is InChI=1S/C12H20N2O4/c1-8(4-3-5-11(16)17)13-12(18)9-6-10(15)14(2)7-9/h8-9H,3-7H2,1-2H3,(H,13,18)(H,16,17). The first-order chi connectivity index (χ1) is 8.40. The lowest BCUT2D eigenvalue weighted by atomic mass is 10.1. The van der Waals surface area contributed by atoms with Crippen molar-refractivity contribution in [1.82, 2.24) is 10.2 Å². The van der Waals surface area contributed by atoms with Gasteiger partial charge in [-0.05, 0) is 19.8 Å². The maximum atomic E-state index is 11.8. The van der Waals surface area contributed by atoms with Crippen LogP contribution in [0.3, 0.4) is 0 Å². The molecule has 0 bridgehead atoms. The van der Waals surface area contributed by atoms with Crippen molar-refractivity contribution in [2.45, 2.75) is 38.6 Å². The Morgan fingerprint density at radius 2 is 2.22 bits per heavy atom. The van der Waals surface area contributed by atoms with Crippen molar-refractivity contribution in [1.29, 1.82) is 0 Å². The molecular formula is C12H20N2O4. The third kappa shape index (κ3) is 4.35. The summed E-state index contributed by atoms with van der Waals surface area (Å²) in [6, 6.07) is -0.0575. The minimum Gasteiger partial charge on any atom is -0.481 e. The Kier molecular flexibility index (Phi) is 5.12. The van der Waals surface area contributed by atoms with Gasteiger partial charge in [-0.1, -0.05) is 0 Å². The molecule has 2 unspecified atom stereocenters. The molecule has 1 aliphatic heterocycles. The Balaban J connectivity index is 2.27. The molecule has 2 N–H and O–H groups in total. The number of carboxylic acids is 1. The summed E-state index contributed by atoms with van der Waals surface area (Å²) in [5.74, 6) is -1.22. The lowest BCUT2D eigenvalue weighted by Gasteiger charge is -2.16. The van der Waals surface area contributed by atoms with Gasteiger partial charge in [0, 0.05) is 32.5 Å². The topological polar surface area (TPSA) is 86.7 Å². The van der Waals surface area contributed by atoms with Gasteiger partial charge in [0.25, 0.3) is 0 Å². The number of likely N-dealkylation sites (tertiary alicyclic amines) is 1. The summed E-state index contributed by atoms with van der Waals surface area (Å²) in [6.45, 7) is 2.31. The molecule has 1 fully saturated rings. The number of carbonyl (C=O) groups excluding carboxylic acids is 2. The lowest BCUT2D eigenvalue weighted by molar-refractivity contribution is -0.137. The zero-order valence-corrected chi connectivity index (χ0v) is 10.8. The molecule has 0 aliphatic carbocycles. The number of aliphatic carboxylic acids is 1. The van der Waals surface area contributed by atoms with Gasteiger partial charge in [-0.3, -0.25) is 14.4 Å². The quantitative estimate of drug-likeness (QED) is 0.712. The Labute approximate surface area is 106 Å². The molecule has 0 spiro atoms. The van der Waals surface area contributed by atoms with Gasteiger partial charge < -0.3 is 15.3 Å². The van der Waals surface area contributed by atoms with E-state index in [9.17, 15) is 14.4 Å². The molecule has 0 saturated carbocycles. The second-order valence-electron chi connectivity index (χ2n) is 4.87. The summed E-state index contributed by atoms with van der Waals surface area (Å²) in [5, 5.41) is 11.3. The third-order valence-electron chi connectivity index (χ3n) is 3.13. The smallest absolute Gasteiger partial charge is 0.303 e. The van der Waals surface area contributed by atoms with Gasteiger partial charge >= 0.3 is 5.97 Å². The van der Waals surface area contributed by atoms with Crippen LogP contribution in [0.15, 0.2) is 0 Å². The summed E-state index contributed by atoms with van der Waals surface area (Å²) in [4.78, 5) is 35.0. The first-order valence-corrected chi connectivity index (χ1v) is 6.16. The van der Waals surface area contributed by atoms with Crippen molar-refractivity contribution in [3.8, 4) is 0 Å². The molecule has 1 aliphatic rings. The van der Waals surface area contributed by atoms with Crippen LogP contribution in [0.25, 0.3) is 0 Å². The fourth-order valence-electron chi connectivity index (χ4n) is 2.03. The van der Waals surface area contributed by atoms with E-state index in [0.29, 0.717) is 19.4 Å². The highest BCUT2D eigenvalue weighted by Gasteiger charge is 2.32. The molecule has 1 saturated heterocycles. The number of rotatable bonds is 6. The summed E-state index contributed by atoms with van der Waals surface area (Å²) < 4.78 is 0. The molecular weight excluding hydrogens is 236 g/mol. The zero-order valence-electron chi connectivity index (χ0n) is 10.8. The van der Waals surface area contributed by atoms with Gasteiger partial charge in [0.15, 0.2) is 0 Å². The van der Waals surface area contributed by atoms with Gasteiger partial charge in [-0.25, -0.2) is 0 Å². The molecule has 6 nitrogen and oxygen atoms in total. The van der Waals surface area contributed by atoms with E-state index in [1.165, 1.54) is 0 Å². The van der Waals surface area contributed by atoms with E-state index >= 15 is 0 Å². The molecule has 0 aromatic heterocycles. The summed E-state index contributed by atoms with van der Waals surface area (Å²) in [5.41, 5.74) is 0. The van der Waals surface area contributed by atoms with Crippen LogP contribution in [-0.2, 0) is 14.4 Å². The highest BCUT2D eigenvalue weighted by atomic mass is 16.4. The zero-order chi connectivity index (χ0) is 13.7. The summed E-state index contributed by atoms with van der Waals surface area (Å²) in [7, 11) is 1.69. The molecule has 102 valence electrons. The van der Waals surface area contributed by atoms with Crippen molar-refractivity contribution in [3.63, 3.8) is 0 Å². The fourth-order valence-corrected chi connectivity index (χ4v) is 2.03. The Hall–Kier alpha value is -1.59. The predicted molar refractivity (Wildman–Crippen MR) is 64.8 cm³/mol. The monoisotopic (exact) mass is 256 g/mol. The van der Waals surface area contributed by atoms with E-state index in [1.807, 2.05) is 6.92 Å². The van der Waals surface area contributed by atoms with E-state index in [2.05, 4.69) is 5.32 Å². The second-order valence-corrected chi connectivity index (χ2v) is 4.87. The number of hydrogen-bond donors (Lipinski definition) is 2. The van der Waals surface area contributed by atoms with Crippen LogP contribution in [0.4, 0.5) is 0 Å². The number of nitrogens with zero attached hydrogens (tertiary/aromatic N) is 1. The lowest BCUT2D eigenvalue weighted by Crippen LogP contribution is -2.38. The van der Waals surface area contributed by atoms with Crippen LogP contribution in [0.2, 0.25) is 0 Å². The second kappa shape index (κ2) is 6.37. The van der Waals surface area contributed by atoms with Crippen LogP contribution in [0.1, 0.15) is 32.6 Å². The summed E-state index contributed by atoms with van der Waals surface area (Å²) in [6.07, 6.45) is 1.56. The average Bonchev–Trinajstić information content (AvgIpc) is 2.58. The van der Waals surface area contributed by atoms with Crippen LogP contribution in [0.5, 0.6) is 0 Å². The molecule has 1 rings (SSSR count). The molecule has 18 heavy (non-hydrogen) atoms. The number of amides is 2. The maximum absolute atomic E-state index is 11.8. The molecule has 0 aromatic carbocycles. The fraction of sp³-hybridized carbons (Fsp3) is 0.750. The first kappa shape index (κ1) is 14.5. The van der Waals surface area contributed by atoms with Gasteiger partial charge in [0.05, 0.1) is 5.92 Å². The molecule has 0 radical (unpaired) electrons. The number of hydrogen-bond acceptors (Lipinski definition) is 3. The van der Waals surface area contributed by atoms with E-state index in [4.69, 9.17) is 5.11 Å². The van der Waals surface area contributed by atoms with Gasteiger partial charge in [0.1, 0.15) is 0 Å². The van der Waals surface area contributed by atoms with Crippen LogP contribution in [0, 0.1) is 5.92 Å². The number of carboxylic acid groups (broad SMARTS) is 1. The van der Waals surface area contributed by atoms with Crippen LogP contribution in [-0.4, -0.2) is 47.4 Å². The Bertz CT molecular complexity index is 343. The number of nitrogens with one attached hydrogen (secondary N) is 1. The molecule has 2 atom stereocenters. The highest BCUT2D eigenvalue weighted by molar-refractivity contribution is 5.89. The highest BCUT2D eigenvalue weighted by Crippen LogP contribution is 2.16.